The minimum Gasteiger partial charge on any atom is -0.341 e. The Morgan fingerprint density at radius 2 is 2.32 bits per heavy atom. The number of hydrogen-bond donors (Lipinski definition) is 1. The van der Waals surface area contributed by atoms with Crippen LogP contribution in [-0.4, -0.2) is 21.8 Å². The summed E-state index contributed by atoms with van der Waals surface area (Å²) in [4.78, 5) is 30.1. The van der Waals surface area contributed by atoms with Crippen molar-refractivity contribution in [1.82, 2.24) is 14.7 Å². The number of carbonyl (C=O) groups excluding carboxylic acids is 1. The molecule has 0 bridgehead atoms. The van der Waals surface area contributed by atoms with E-state index in [2.05, 4.69) is 16.2 Å². The smallest absolute Gasteiger partial charge is 0.271 e. The summed E-state index contributed by atoms with van der Waals surface area (Å²) < 4.78 is 2.04. The Kier molecular flexibility index (Phi) is 3.98. The van der Waals surface area contributed by atoms with Crippen LogP contribution in [0.25, 0.3) is 15.5 Å². The van der Waals surface area contributed by atoms with Crippen LogP contribution in [0.4, 0.5) is 0 Å². The van der Waals surface area contributed by atoms with Crippen molar-refractivity contribution in [2.45, 2.75) is 0 Å². The van der Waals surface area contributed by atoms with Crippen LogP contribution in [0.3, 0.4) is 0 Å². The van der Waals surface area contributed by atoms with E-state index in [0.717, 1.165) is 4.88 Å². The van der Waals surface area contributed by atoms with Gasteiger partial charge in [0.2, 0.25) is 0 Å². The average Bonchev–Trinajstić information content (AvgIpc) is 3.11. The highest BCUT2D eigenvalue weighted by Crippen LogP contribution is 2.32. The summed E-state index contributed by atoms with van der Waals surface area (Å²) in [6, 6.07) is 3.58. The summed E-state index contributed by atoms with van der Waals surface area (Å²) in [6.07, 6.45) is 6.37. The van der Waals surface area contributed by atoms with E-state index in [-0.39, 0.29) is 12.1 Å². The van der Waals surface area contributed by atoms with Gasteiger partial charge in [0.25, 0.3) is 11.5 Å². The van der Waals surface area contributed by atoms with E-state index >= 15 is 0 Å². The van der Waals surface area contributed by atoms with Gasteiger partial charge in [0.1, 0.15) is 5.56 Å². The van der Waals surface area contributed by atoms with Gasteiger partial charge in [-0.05, 0) is 12.1 Å². The van der Waals surface area contributed by atoms with E-state index in [9.17, 15) is 9.59 Å². The molecule has 110 valence electrons. The van der Waals surface area contributed by atoms with Gasteiger partial charge in [-0.25, -0.2) is 9.38 Å². The first kappa shape index (κ1) is 14.8. The Hall–Kier alpha value is -2.14. The summed E-state index contributed by atoms with van der Waals surface area (Å²) in [5, 5.41) is 4.28. The van der Waals surface area contributed by atoms with Crippen molar-refractivity contribution in [3.63, 3.8) is 0 Å². The first-order valence-corrected chi connectivity index (χ1v) is 8.16. The molecule has 3 aromatic rings. The summed E-state index contributed by atoms with van der Waals surface area (Å²) in [6.45, 7) is 0.0536. The lowest BCUT2D eigenvalue weighted by Crippen LogP contribution is -2.31. The molecule has 0 aromatic carbocycles. The number of terminal acetylenes is 1. The lowest BCUT2D eigenvalue weighted by atomic mass is 10.3. The van der Waals surface area contributed by atoms with Crippen LogP contribution in [-0.2, 0) is 0 Å². The molecule has 0 unspecified atom stereocenters. The van der Waals surface area contributed by atoms with Gasteiger partial charge in [-0.15, -0.1) is 29.1 Å². The molecular formula is C14H8ClN3O2S2. The molecular weight excluding hydrogens is 342 g/mol. The monoisotopic (exact) mass is 349 g/mol. The summed E-state index contributed by atoms with van der Waals surface area (Å²) in [5.74, 6) is 1.75. The van der Waals surface area contributed by atoms with Gasteiger partial charge in [-0.2, -0.15) is 0 Å². The van der Waals surface area contributed by atoms with Crippen molar-refractivity contribution in [2.24, 2.45) is 0 Å². The molecule has 3 rings (SSSR count). The SMILES string of the molecule is C#CCNC(=O)c1cnc2scc(-c3ccc(Cl)s3)n2c1=O. The lowest BCUT2D eigenvalue weighted by molar-refractivity contribution is 0.0956. The van der Waals surface area contributed by atoms with Gasteiger partial charge in [0, 0.05) is 11.6 Å². The first-order valence-electron chi connectivity index (χ1n) is 6.08. The van der Waals surface area contributed by atoms with Gasteiger partial charge in [-0.3, -0.25) is 9.59 Å². The molecule has 0 aliphatic carbocycles. The van der Waals surface area contributed by atoms with Crippen LogP contribution < -0.4 is 10.9 Å². The van der Waals surface area contributed by atoms with Crippen molar-refractivity contribution >= 4 is 45.1 Å². The van der Waals surface area contributed by atoms with Gasteiger partial charge in [0.15, 0.2) is 4.96 Å². The normalized spacial score (nSPS) is 10.5. The predicted molar refractivity (Wildman–Crippen MR) is 88.8 cm³/mol. The van der Waals surface area contributed by atoms with Crippen molar-refractivity contribution in [3.8, 4) is 22.9 Å². The third-order valence-electron chi connectivity index (χ3n) is 2.87. The van der Waals surface area contributed by atoms with Gasteiger partial charge in [-0.1, -0.05) is 17.5 Å². The largest absolute Gasteiger partial charge is 0.341 e. The zero-order chi connectivity index (χ0) is 15.7. The zero-order valence-electron chi connectivity index (χ0n) is 11.0. The molecule has 1 N–H and O–H groups in total. The first-order chi connectivity index (χ1) is 10.6. The molecule has 0 saturated heterocycles. The second-order valence-electron chi connectivity index (χ2n) is 4.21. The predicted octanol–water partition coefficient (Wildman–Crippen LogP) is 2.50. The van der Waals surface area contributed by atoms with Crippen LogP contribution in [0, 0.1) is 12.3 Å². The maximum absolute atomic E-state index is 12.6. The third-order valence-corrected chi connectivity index (χ3v) is 4.96. The van der Waals surface area contributed by atoms with E-state index in [4.69, 9.17) is 18.0 Å². The molecule has 22 heavy (non-hydrogen) atoms. The van der Waals surface area contributed by atoms with Gasteiger partial charge >= 0.3 is 0 Å². The van der Waals surface area contributed by atoms with Crippen LogP contribution in [0.1, 0.15) is 10.4 Å². The number of aromatic nitrogens is 2. The van der Waals surface area contributed by atoms with Crippen molar-refractivity contribution in [3.05, 3.63) is 44.0 Å². The number of rotatable bonds is 3. The number of amides is 1. The fourth-order valence-electron chi connectivity index (χ4n) is 1.90. The van der Waals surface area contributed by atoms with E-state index < -0.39 is 11.5 Å². The molecule has 0 atom stereocenters. The molecule has 0 spiro atoms. The molecule has 3 heterocycles. The van der Waals surface area contributed by atoms with Crippen molar-refractivity contribution < 1.29 is 4.79 Å². The molecule has 0 radical (unpaired) electrons. The van der Waals surface area contributed by atoms with Crippen LogP contribution in [0.15, 0.2) is 28.5 Å². The Labute approximate surface area is 138 Å². The molecule has 0 fully saturated rings. The number of thiazole rings is 1. The molecule has 1 amide bonds. The van der Waals surface area contributed by atoms with Crippen LogP contribution in [0.5, 0.6) is 0 Å². The second-order valence-corrected chi connectivity index (χ2v) is 6.76. The second kappa shape index (κ2) is 5.93. The zero-order valence-corrected chi connectivity index (χ0v) is 13.4. The van der Waals surface area contributed by atoms with E-state index in [0.29, 0.717) is 15.0 Å². The van der Waals surface area contributed by atoms with E-state index in [1.807, 2.05) is 11.4 Å². The van der Waals surface area contributed by atoms with E-state index in [1.54, 1.807) is 6.07 Å². The number of nitrogens with one attached hydrogen (secondary N) is 1. The van der Waals surface area contributed by atoms with Crippen molar-refractivity contribution in [2.75, 3.05) is 6.54 Å². The number of fused-ring (bicyclic) bond motifs is 1. The number of halogens is 1. The Morgan fingerprint density at radius 1 is 1.50 bits per heavy atom. The summed E-state index contributed by atoms with van der Waals surface area (Å²) in [5.41, 5.74) is 0.191. The number of carbonyl (C=O) groups is 1. The highest BCUT2D eigenvalue weighted by molar-refractivity contribution is 7.20. The lowest BCUT2D eigenvalue weighted by Gasteiger charge is -2.03. The Balaban J connectivity index is 2.16. The number of thiophene rings is 1. The van der Waals surface area contributed by atoms with Crippen LogP contribution in [0.2, 0.25) is 4.34 Å². The van der Waals surface area contributed by atoms with E-state index in [1.165, 1.54) is 33.3 Å². The summed E-state index contributed by atoms with van der Waals surface area (Å²) in [7, 11) is 0. The highest BCUT2D eigenvalue weighted by atomic mass is 35.5. The fraction of sp³-hybridized carbons (Fsp3) is 0.0714. The Bertz CT molecular complexity index is 965. The minimum absolute atomic E-state index is 0.0462. The summed E-state index contributed by atoms with van der Waals surface area (Å²) >= 11 is 8.62. The fourth-order valence-corrected chi connectivity index (χ4v) is 3.87. The maximum atomic E-state index is 12.6. The molecule has 8 heteroatoms. The average molecular weight is 350 g/mol. The molecule has 3 aromatic heterocycles. The van der Waals surface area contributed by atoms with Crippen LogP contribution >= 0.6 is 34.3 Å². The molecule has 0 aliphatic heterocycles. The van der Waals surface area contributed by atoms with Gasteiger partial charge < -0.3 is 5.32 Å². The minimum atomic E-state index is -0.536. The molecule has 0 saturated carbocycles. The third kappa shape index (κ3) is 2.52. The Morgan fingerprint density at radius 3 is 3.00 bits per heavy atom. The maximum Gasteiger partial charge on any atom is 0.271 e. The quantitative estimate of drug-likeness (QED) is 0.739. The highest BCUT2D eigenvalue weighted by Gasteiger charge is 2.17. The number of nitrogens with zero attached hydrogens (tertiary/aromatic N) is 2. The van der Waals surface area contributed by atoms with Crippen molar-refractivity contribution in [1.29, 1.82) is 0 Å². The topological polar surface area (TPSA) is 63.5 Å². The standard InChI is InChI=1S/C14H8ClN3O2S2/c1-2-5-16-12(19)8-6-17-14-18(13(8)20)9(7-21-14)10-3-4-11(15)22-10/h1,3-4,6-7H,5H2,(H,16,19). The van der Waals surface area contributed by atoms with Gasteiger partial charge in [0.05, 0.1) is 21.5 Å². The molecule has 5 nitrogen and oxygen atoms in total. The number of hydrogen-bond acceptors (Lipinski definition) is 5. The molecule has 0 aliphatic rings.